The number of Topliss-reactive ketones (excluding diaryl/α,β-unsaturated/α-hetero) is 2. The Labute approximate surface area is 248 Å². The zero-order valence-electron chi connectivity index (χ0n) is 23.9. The van der Waals surface area contributed by atoms with Gasteiger partial charge in [-0.3, -0.25) is 14.4 Å². The highest BCUT2D eigenvalue weighted by molar-refractivity contribution is 9.10. The smallest absolute Gasteiger partial charge is 0.305 e. The highest BCUT2D eigenvalue weighted by Gasteiger charge is 2.49. The van der Waals surface area contributed by atoms with Crippen LogP contribution in [0.25, 0.3) is 0 Å². The predicted molar refractivity (Wildman–Crippen MR) is 157 cm³/mol. The number of ketones is 2. The molecule has 5 rings (SSSR count). The number of carboxylic acids is 1. The third-order valence-corrected chi connectivity index (χ3v) is 8.76. The van der Waals surface area contributed by atoms with E-state index in [2.05, 4.69) is 43.6 Å². The van der Waals surface area contributed by atoms with E-state index in [0.717, 1.165) is 17.0 Å². The normalized spacial score (nSPS) is 20.2. The summed E-state index contributed by atoms with van der Waals surface area (Å²) in [7, 11) is 0. The van der Waals surface area contributed by atoms with Crippen LogP contribution in [0.5, 0.6) is 5.75 Å². The van der Waals surface area contributed by atoms with Gasteiger partial charge in [0.1, 0.15) is 18.2 Å². The molecule has 6 nitrogen and oxygen atoms in total. The maximum absolute atomic E-state index is 13.9. The Hall–Kier alpha value is -3.26. The van der Waals surface area contributed by atoms with Crippen LogP contribution in [-0.4, -0.2) is 34.1 Å². The van der Waals surface area contributed by atoms with Crippen molar-refractivity contribution in [2.75, 3.05) is 6.54 Å². The van der Waals surface area contributed by atoms with Crippen LogP contribution in [0.4, 0.5) is 4.39 Å². The second-order valence-electron chi connectivity index (χ2n) is 12.9. The molecule has 216 valence electrons. The van der Waals surface area contributed by atoms with Crippen LogP contribution < -0.4 is 4.74 Å². The first-order valence-electron chi connectivity index (χ1n) is 13.9. The van der Waals surface area contributed by atoms with E-state index in [-0.39, 0.29) is 47.8 Å². The molecule has 0 atom stereocenters. The second-order valence-corrected chi connectivity index (χ2v) is 13.8. The molecule has 2 aromatic rings. The first-order valence-corrected chi connectivity index (χ1v) is 14.7. The third kappa shape index (κ3) is 6.03. The summed E-state index contributed by atoms with van der Waals surface area (Å²) in [5.74, 6) is -1.24. The lowest BCUT2D eigenvalue weighted by atomic mass is 9.63. The van der Waals surface area contributed by atoms with Gasteiger partial charge >= 0.3 is 5.97 Å². The molecule has 2 aromatic carbocycles. The summed E-state index contributed by atoms with van der Waals surface area (Å²) in [6.07, 6.45) is 1.85. The van der Waals surface area contributed by atoms with Crippen LogP contribution in [0.3, 0.4) is 0 Å². The average molecular weight is 625 g/mol. The van der Waals surface area contributed by atoms with Crippen LogP contribution in [0.1, 0.15) is 76.8 Å². The number of benzene rings is 2. The van der Waals surface area contributed by atoms with Crippen molar-refractivity contribution in [1.29, 1.82) is 0 Å². The summed E-state index contributed by atoms with van der Waals surface area (Å²) >= 11 is 3.62. The summed E-state index contributed by atoms with van der Waals surface area (Å²) in [6.45, 7) is 8.62. The maximum Gasteiger partial charge on any atom is 0.305 e. The lowest BCUT2D eigenvalue weighted by Gasteiger charge is -2.49. The zero-order chi connectivity index (χ0) is 29.7. The van der Waals surface area contributed by atoms with Gasteiger partial charge in [0.25, 0.3) is 0 Å². The molecule has 0 fully saturated rings. The van der Waals surface area contributed by atoms with Crippen LogP contribution in [0.2, 0.25) is 0 Å². The summed E-state index contributed by atoms with van der Waals surface area (Å²) in [4.78, 5) is 41.3. The van der Waals surface area contributed by atoms with Crippen molar-refractivity contribution in [1.82, 2.24) is 4.90 Å². The van der Waals surface area contributed by atoms with Gasteiger partial charge in [-0.2, -0.15) is 0 Å². The molecule has 0 saturated carbocycles. The van der Waals surface area contributed by atoms with Crippen molar-refractivity contribution in [2.24, 2.45) is 10.8 Å². The number of nitrogens with zero attached hydrogens (tertiary/aromatic N) is 1. The van der Waals surface area contributed by atoms with E-state index in [1.807, 2.05) is 23.1 Å². The number of ether oxygens (including phenoxy) is 1. The largest absolute Gasteiger partial charge is 0.488 e. The Balaban J connectivity index is 1.60. The van der Waals surface area contributed by atoms with E-state index in [4.69, 9.17) is 4.74 Å². The van der Waals surface area contributed by atoms with E-state index in [9.17, 15) is 23.9 Å². The minimum Gasteiger partial charge on any atom is -0.488 e. The summed E-state index contributed by atoms with van der Waals surface area (Å²) in [5, 5.41) is 9.53. The van der Waals surface area contributed by atoms with Crippen LogP contribution in [0, 0.1) is 16.6 Å². The van der Waals surface area contributed by atoms with Gasteiger partial charge < -0.3 is 14.7 Å². The molecule has 1 aliphatic heterocycles. The monoisotopic (exact) mass is 623 g/mol. The summed E-state index contributed by atoms with van der Waals surface area (Å²) in [6, 6.07) is 11.8. The molecule has 0 amide bonds. The van der Waals surface area contributed by atoms with Crippen molar-refractivity contribution >= 4 is 33.5 Å². The Morgan fingerprint density at radius 3 is 2.12 bits per heavy atom. The van der Waals surface area contributed by atoms with E-state index in [1.54, 1.807) is 12.1 Å². The van der Waals surface area contributed by atoms with Crippen molar-refractivity contribution < 1.29 is 28.6 Å². The van der Waals surface area contributed by atoms with Gasteiger partial charge in [0.2, 0.25) is 0 Å². The van der Waals surface area contributed by atoms with E-state index in [0.29, 0.717) is 52.6 Å². The number of halogens is 2. The highest BCUT2D eigenvalue weighted by Crippen LogP contribution is 2.54. The number of rotatable bonds is 7. The average Bonchev–Trinajstić information content (AvgIpc) is 2.85. The molecule has 41 heavy (non-hydrogen) atoms. The van der Waals surface area contributed by atoms with Gasteiger partial charge in [-0.25, -0.2) is 4.39 Å². The maximum atomic E-state index is 13.9. The Bertz CT molecular complexity index is 1450. The molecule has 0 saturated heterocycles. The van der Waals surface area contributed by atoms with Gasteiger partial charge in [0.15, 0.2) is 11.6 Å². The topological polar surface area (TPSA) is 83.9 Å². The van der Waals surface area contributed by atoms with Crippen molar-refractivity contribution in [3.8, 4) is 5.75 Å². The van der Waals surface area contributed by atoms with Gasteiger partial charge in [-0.1, -0.05) is 45.9 Å². The van der Waals surface area contributed by atoms with Gasteiger partial charge in [0.05, 0.1) is 10.9 Å². The van der Waals surface area contributed by atoms with Gasteiger partial charge in [-0.05, 0) is 75.0 Å². The number of carboxylic acid groups (broad SMARTS) is 1. The van der Waals surface area contributed by atoms with Crippen LogP contribution >= 0.6 is 15.9 Å². The SMILES string of the molecule is CC1(C)CC(=O)C2=C(C1)N(CCC(=O)O)C1=C(C(=O)CC(C)(C)C1)C2c1ccc(OCc2cccc(F)c2)c(Br)c1. The molecule has 0 unspecified atom stereocenters. The quantitative estimate of drug-likeness (QED) is 0.348. The first-order chi connectivity index (χ1) is 19.2. The molecular formula is C33H35BrFNO5. The van der Waals surface area contributed by atoms with E-state index < -0.39 is 11.9 Å². The molecule has 0 bridgehead atoms. The highest BCUT2D eigenvalue weighted by atomic mass is 79.9. The number of hydrogen-bond acceptors (Lipinski definition) is 5. The number of allylic oxidation sites excluding steroid dienone is 4. The predicted octanol–water partition coefficient (Wildman–Crippen LogP) is 7.33. The Morgan fingerprint density at radius 2 is 1.59 bits per heavy atom. The molecule has 8 heteroatoms. The number of carbonyl (C=O) groups excluding carboxylic acids is 2. The molecule has 0 spiro atoms. The van der Waals surface area contributed by atoms with Crippen LogP contribution in [0.15, 0.2) is 69.5 Å². The van der Waals surface area contributed by atoms with Crippen molar-refractivity contribution in [3.05, 3.63) is 86.4 Å². The molecule has 0 radical (unpaired) electrons. The molecule has 2 aliphatic carbocycles. The lowest BCUT2D eigenvalue weighted by molar-refractivity contribution is -0.137. The summed E-state index contributed by atoms with van der Waals surface area (Å²) in [5.41, 5.74) is 3.80. The lowest BCUT2D eigenvalue weighted by Crippen LogP contribution is -2.45. The fraction of sp³-hybridized carbons (Fsp3) is 0.424. The van der Waals surface area contributed by atoms with Gasteiger partial charge in [0, 0.05) is 47.8 Å². The number of carbonyl (C=O) groups is 3. The van der Waals surface area contributed by atoms with Crippen LogP contribution in [-0.2, 0) is 21.0 Å². The second kappa shape index (κ2) is 10.9. The van der Waals surface area contributed by atoms with Gasteiger partial charge in [-0.15, -0.1) is 0 Å². The minimum atomic E-state index is -0.919. The number of aliphatic carboxylic acids is 1. The molecule has 0 aromatic heterocycles. The molecular weight excluding hydrogens is 589 g/mol. The van der Waals surface area contributed by atoms with Crippen molar-refractivity contribution in [2.45, 2.75) is 72.3 Å². The standard InChI is InChI=1S/C33H35BrFNO5/c1-32(2)14-23-30(25(37)16-32)29(31-24(36(23)11-10-28(39)40)15-33(3,4)17-26(31)38)20-8-9-27(22(34)13-20)41-18-19-6-5-7-21(35)12-19/h5-9,12-13,29H,10-11,14-18H2,1-4H3,(H,39,40). The zero-order valence-corrected chi connectivity index (χ0v) is 25.4. The summed E-state index contributed by atoms with van der Waals surface area (Å²) < 4.78 is 20.2. The molecule has 3 aliphatic rings. The minimum absolute atomic E-state index is 0.00619. The fourth-order valence-electron chi connectivity index (χ4n) is 6.46. The van der Waals surface area contributed by atoms with E-state index >= 15 is 0 Å². The third-order valence-electron chi connectivity index (χ3n) is 8.14. The number of hydrogen-bond donors (Lipinski definition) is 1. The first kappa shape index (κ1) is 29.2. The Kier molecular flexibility index (Phi) is 7.74. The van der Waals surface area contributed by atoms with Crippen molar-refractivity contribution in [3.63, 3.8) is 0 Å². The fourth-order valence-corrected chi connectivity index (χ4v) is 6.97. The molecule has 1 heterocycles. The molecule has 1 N–H and O–H groups in total. The van der Waals surface area contributed by atoms with E-state index in [1.165, 1.54) is 12.1 Å². The Morgan fingerprint density at radius 1 is 0.976 bits per heavy atom.